The first-order valence-corrected chi connectivity index (χ1v) is 7.27. The highest BCUT2D eigenvalue weighted by Gasteiger charge is 2.10. The molecule has 1 amide bonds. The van der Waals surface area contributed by atoms with Crippen molar-refractivity contribution < 1.29 is 4.79 Å². The van der Waals surface area contributed by atoms with Crippen LogP contribution >= 0.6 is 0 Å². The lowest BCUT2D eigenvalue weighted by Crippen LogP contribution is -2.20. The first kappa shape index (κ1) is 15.3. The van der Waals surface area contributed by atoms with E-state index >= 15 is 0 Å². The predicted octanol–water partition coefficient (Wildman–Crippen LogP) is 2.68. The Morgan fingerprint density at radius 2 is 2.24 bits per heavy atom. The van der Waals surface area contributed by atoms with Gasteiger partial charge in [0.15, 0.2) is 0 Å². The zero-order chi connectivity index (χ0) is 15.1. The van der Waals surface area contributed by atoms with Crippen molar-refractivity contribution >= 4 is 11.6 Å². The zero-order valence-corrected chi connectivity index (χ0v) is 12.5. The maximum Gasteiger partial charge on any atom is 0.227 e. The number of aromatic nitrogens is 2. The van der Waals surface area contributed by atoms with Crippen molar-refractivity contribution in [2.45, 2.75) is 33.4 Å². The zero-order valence-electron chi connectivity index (χ0n) is 12.5. The Labute approximate surface area is 125 Å². The molecule has 1 heterocycles. The molecular formula is C16H22N4O. The molecule has 0 aliphatic heterocycles. The third-order valence-electron chi connectivity index (χ3n) is 3.43. The molecule has 2 aromatic rings. The molecule has 112 valence electrons. The molecule has 0 saturated heterocycles. The van der Waals surface area contributed by atoms with Crippen molar-refractivity contribution in [3.63, 3.8) is 0 Å². The highest BCUT2D eigenvalue weighted by molar-refractivity contribution is 5.92. The molecule has 21 heavy (non-hydrogen) atoms. The van der Waals surface area contributed by atoms with Gasteiger partial charge in [-0.2, -0.15) is 0 Å². The number of H-pyrrole nitrogens is 1. The van der Waals surface area contributed by atoms with E-state index in [4.69, 9.17) is 0 Å². The largest absolute Gasteiger partial charge is 0.348 e. The molecule has 5 nitrogen and oxygen atoms in total. The van der Waals surface area contributed by atoms with Gasteiger partial charge in [0.25, 0.3) is 0 Å². The van der Waals surface area contributed by atoms with Gasteiger partial charge in [0.05, 0.1) is 6.54 Å². The number of nitrogens with one attached hydrogen (secondary N) is 3. The molecule has 0 radical (unpaired) electrons. The monoisotopic (exact) mass is 286 g/mol. The summed E-state index contributed by atoms with van der Waals surface area (Å²) in [5.41, 5.74) is 1.97. The number of benzene rings is 1. The van der Waals surface area contributed by atoms with E-state index in [9.17, 15) is 4.79 Å². The third-order valence-corrected chi connectivity index (χ3v) is 3.43. The fraction of sp³-hybridized carbons (Fsp3) is 0.375. The van der Waals surface area contributed by atoms with Crippen LogP contribution < -0.4 is 10.6 Å². The van der Waals surface area contributed by atoms with Crippen molar-refractivity contribution in [2.75, 3.05) is 5.32 Å². The third kappa shape index (κ3) is 4.72. The first-order chi connectivity index (χ1) is 10.2. The van der Waals surface area contributed by atoms with Crippen LogP contribution in [0.15, 0.2) is 36.7 Å². The highest BCUT2D eigenvalue weighted by atomic mass is 16.1. The van der Waals surface area contributed by atoms with Crippen LogP contribution in [0.4, 0.5) is 5.69 Å². The number of hydrogen-bond acceptors (Lipinski definition) is 3. The summed E-state index contributed by atoms with van der Waals surface area (Å²) in [6, 6.07) is 7.90. The van der Waals surface area contributed by atoms with Gasteiger partial charge in [0.1, 0.15) is 5.82 Å². The second-order valence-electron chi connectivity index (χ2n) is 5.14. The number of imidazole rings is 1. The fourth-order valence-electron chi connectivity index (χ4n) is 1.93. The van der Waals surface area contributed by atoms with Crippen molar-refractivity contribution in [1.82, 2.24) is 15.3 Å². The van der Waals surface area contributed by atoms with Crippen molar-refractivity contribution in [3.8, 4) is 0 Å². The summed E-state index contributed by atoms with van der Waals surface area (Å²) in [6.45, 7) is 5.37. The summed E-state index contributed by atoms with van der Waals surface area (Å²) in [5, 5.41) is 6.26. The lowest BCUT2D eigenvalue weighted by atomic mass is 10.1. The van der Waals surface area contributed by atoms with E-state index < -0.39 is 0 Å². The number of aromatic amines is 1. The van der Waals surface area contributed by atoms with E-state index in [0.29, 0.717) is 6.54 Å². The Bertz CT molecular complexity index is 565. The Balaban J connectivity index is 1.87. The Morgan fingerprint density at radius 3 is 2.95 bits per heavy atom. The summed E-state index contributed by atoms with van der Waals surface area (Å²) in [4.78, 5) is 19.1. The van der Waals surface area contributed by atoms with Gasteiger partial charge in [-0.05, 0) is 24.1 Å². The van der Waals surface area contributed by atoms with E-state index in [1.54, 1.807) is 6.20 Å². The summed E-state index contributed by atoms with van der Waals surface area (Å²) < 4.78 is 0. The van der Waals surface area contributed by atoms with Crippen LogP contribution in [0.2, 0.25) is 0 Å². The number of nitrogens with zero attached hydrogens (tertiary/aromatic N) is 1. The van der Waals surface area contributed by atoms with Crippen LogP contribution in [-0.4, -0.2) is 15.9 Å². The molecule has 0 aliphatic rings. The minimum atomic E-state index is 0.0331. The molecule has 0 saturated carbocycles. The van der Waals surface area contributed by atoms with E-state index in [-0.39, 0.29) is 11.8 Å². The average Bonchev–Trinajstić information content (AvgIpc) is 3.00. The van der Waals surface area contributed by atoms with Gasteiger partial charge in [-0.3, -0.25) is 4.79 Å². The molecule has 1 unspecified atom stereocenters. The molecule has 1 aromatic carbocycles. The number of hydrogen-bond donors (Lipinski definition) is 3. The standard InChI is InChI=1S/C16H22N4O/c1-3-12(2)16(21)20-14-6-4-5-13(9-14)10-17-11-15-18-7-8-19-15/h4-9,12,17H,3,10-11H2,1-2H3,(H,18,19)(H,20,21). The van der Waals surface area contributed by atoms with Gasteiger partial charge in [-0.25, -0.2) is 4.98 Å². The number of rotatable bonds is 7. The van der Waals surface area contributed by atoms with Crippen LogP contribution in [-0.2, 0) is 17.9 Å². The van der Waals surface area contributed by atoms with E-state index in [2.05, 4.69) is 20.6 Å². The topological polar surface area (TPSA) is 69.8 Å². The van der Waals surface area contributed by atoms with Crippen molar-refractivity contribution in [3.05, 3.63) is 48.0 Å². The summed E-state index contributed by atoms with van der Waals surface area (Å²) in [7, 11) is 0. The van der Waals surface area contributed by atoms with Gasteiger partial charge in [-0.1, -0.05) is 26.0 Å². The Kier molecular flexibility index (Phi) is 5.51. The predicted molar refractivity (Wildman–Crippen MR) is 83.7 cm³/mol. The number of carbonyl (C=O) groups is 1. The molecule has 1 aromatic heterocycles. The number of carbonyl (C=O) groups excluding carboxylic acids is 1. The van der Waals surface area contributed by atoms with Gasteiger partial charge < -0.3 is 15.6 Å². The highest BCUT2D eigenvalue weighted by Crippen LogP contribution is 2.13. The maximum absolute atomic E-state index is 11.9. The van der Waals surface area contributed by atoms with Crippen molar-refractivity contribution in [1.29, 1.82) is 0 Å². The molecule has 1 atom stereocenters. The summed E-state index contributed by atoms with van der Waals surface area (Å²) in [5.74, 6) is 1.01. The molecule has 2 rings (SSSR count). The van der Waals surface area contributed by atoms with Gasteiger partial charge in [0, 0.05) is 30.5 Å². The maximum atomic E-state index is 11.9. The Morgan fingerprint density at radius 1 is 1.38 bits per heavy atom. The molecule has 5 heteroatoms. The fourth-order valence-corrected chi connectivity index (χ4v) is 1.93. The molecule has 0 spiro atoms. The van der Waals surface area contributed by atoms with E-state index in [0.717, 1.165) is 30.0 Å². The lowest BCUT2D eigenvalue weighted by molar-refractivity contribution is -0.119. The summed E-state index contributed by atoms with van der Waals surface area (Å²) >= 11 is 0. The second kappa shape index (κ2) is 7.59. The van der Waals surface area contributed by atoms with Crippen LogP contribution in [0.5, 0.6) is 0 Å². The van der Waals surface area contributed by atoms with Crippen LogP contribution in [0.1, 0.15) is 31.7 Å². The van der Waals surface area contributed by atoms with E-state index in [1.807, 2.05) is 44.3 Å². The first-order valence-electron chi connectivity index (χ1n) is 7.27. The second-order valence-corrected chi connectivity index (χ2v) is 5.14. The smallest absolute Gasteiger partial charge is 0.227 e. The molecule has 0 fully saturated rings. The molecule has 0 aliphatic carbocycles. The van der Waals surface area contributed by atoms with Crippen LogP contribution in [0.3, 0.4) is 0 Å². The number of amides is 1. The lowest BCUT2D eigenvalue weighted by Gasteiger charge is -2.11. The van der Waals surface area contributed by atoms with Crippen LogP contribution in [0, 0.1) is 5.92 Å². The van der Waals surface area contributed by atoms with Gasteiger partial charge in [0.2, 0.25) is 5.91 Å². The molecule has 3 N–H and O–H groups in total. The Hall–Kier alpha value is -2.14. The SMILES string of the molecule is CCC(C)C(=O)Nc1cccc(CNCc2ncc[nH]2)c1. The van der Waals surface area contributed by atoms with E-state index in [1.165, 1.54) is 0 Å². The normalized spacial score (nSPS) is 12.1. The van der Waals surface area contributed by atoms with Crippen molar-refractivity contribution in [2.24, 2.45) is 5.92 Å². The minimum Gasteiger partial charge on any atom is -0.348 e. The van der Waals surface area contributed by atoms with Gasteiger partial charge >= 0.3 is 0 Å². The number of anilines is 1. The minimum absolute atomic E-state index is 0.0331. The van der Waals surface area contributed by atoms with Gasteiger partial charge in [-0.15, -0.1) is 0 Å². The molecule has 0 bridgehead atoms. The molecular weight excluding hydrogens is 264 g/mol. The average molecular weight is 286 g/mol. The summed E-state index contributed by atoms with van der Waals surface area (Å²) in [6.07, 6.45) is 4.39. The quantitative estimate of drug-likeness (QED) is 0.733. The van der Waals surface area contributed by atoms with Crippen LogP contribution in [0.25, 0.3) is 0 Å².